The number of amides is 1. The Kier molecular flexibility index (Phi) is 3.90. The highest BCUT2D eigenvalue weighted by Gasteiger charge is 2.29. The van der Waals surface area contributed by atoms with Gasteiger partial charge in [0.15, 0.2) is 0 Å². The number of para-hydroxylation sites is 1. The third-order valence-electron chi connectivity index (χ3n) is 5.15. The van der Waals surface area contributed by atoms with Crippen molar-refractivity contribution in [1.29, 1.82) is 0 Å². The highest BCUT2D eigenvalue weighted by molar-refractivity contribution is 5.81. The molecule has 23 heavy (non-hydrogen) atoms. The van der Waals surface area contributed by atoms with Crippen LogP contribution in [0.1, 0.15) is 32.1 Å². The largest absolute Gasteiger partial charge is 0.355 e. The second-order valence-corrected chi connectivity index (χ2v) is 6.78. The molecular formula is C19H23N3O. The molecule has 0 bridgehead atoms. The lowest BCUT2D eigenvalue weighted by Crippen LogP contribution is -2.50. The lowest BCUT2D eigenvalue weighted by molar-refractivity contribution is -0.128. The van der Waals surface area contributed by atoms with E-state index in [0.717, 1.165) is 50.1 Å². The zero-order chi connectivity index (χ0) is 15.6. The molecule has 1 atom stereocenters. The molecule has 1 aliphatic carbocycles. The molecule has 0 radical (unpaired) electrons. The van der Waals surface area contributed by atoms with E-state index in [0.29, 0.717) is 0 Å². The number of hydrogen-bond donors (Lipinski definition) is 1. The van der Waals surface area contributed by atoms with Crippen LogP contribution in [-0.2, 0) is 4.79 Å². The van der Waals surface area contributed by atoms with Gasteiger partial charge in [-0.25, -0.2) is 4.98 Å². The van der Waals surface area contributed by atoms with Crippen LogP contribution in [0.5, 0.6) is 0 Å². The van der Waals surface area contributed by atoms with Crippen LogP contribution in [0.2, 0.25) is 0 Å². The Morgan fingerprint density at radius 2 is 1.96 bits per heavy atom. The molecule has 120 valence electrons. The predicted molar refractivity (Wildman–Crippen MR) is 92.5 cm³/mol. The Bertz CT molecular complexity index is 711. The van der Waals surface area contributed by atoms with Crippen LogP contribution in [0, 0.1) is 5.92 Å². The number of carbonyl (C=O) groups is 1. The van der Waals surface area contributed by atoms with Crippen LogP contribution in [-0.4, -0.2) is 30.0 Å². The SMILES string of the molecule is O=C(NC1CCCN(c2ccc3ccccc3n2)C1)C1CCC1. The van der Waals surface area contributed by atoms with E-state index in [-0.39, 0.29) is 17.9 Å². The number of fused-ring (bicyclic) bond motifs is 1. The lowest BCUT2D eigenvalue weighted by Gasteiger charge is -2.35. The number of carbonyl (C=O) groups excluding carboxylic acids is 1. The Labute approximate surface area is 136 Å². The van der Waals surface area contributed by atoms with Crippen LogP contribution in [0.25, 0.3) is 10.9 Å². The quantitative estimate of drug-likeness (QED) is 0.947. The first-order chi connectivity index (χ1) is 11.3. The molecule has 4 nitrogen and oxygen atoms in total. The zero-order valence-electron chi connectivity index (χ0n) is 13.4. The second-order valence-electron chi connectivity index (χ2n) is 6.78. The average Bonchev–Trinajstić information content (AvgIpc) is 2.53. The van der Waals surface area contributed by atoms with Crippen LogP contribution in [0.15, 0.2) is 36.4 Å². The van der Waals surface area contributed by atoms with Crippen LogP contribution in [0.4, 0.5) is 5.82 Å². The van der Waals surface area contributed by atoms with Crippen molar-refractivity contribution in [1.82, 2.24) is 10.3 Å². The average molecular weight is 309 g/mol. The first-order valence-corrected chi connectivity index (χ1v) is 8.71. The maximum Gasteiger partial charge on any atom is 0.223 e. The Balaban J connectivity index is 1.46. The summed E-state index contributed by atoms with van der Waals surface area (Å²) in [7, 11) is 0. The first kappa shape index (κ1) is 14.5. The first-order valence-electron chi connectivity index (χ1n) is 8.71. The third-order valence-corrected chi connectivity index (χ3v) is 5.15. The summed E-state index contributed by atoms with van der Waals surface area (Å²) >= 11 is 0. The van der Waals surface area contributed by atoms with Gasteiger partial charge in [0.2, 0.25) is 5.91 Å². The van der Waals surface area contributed by atoms with Crippen molar-refractivity contribution in [2.75, 3.05) is 18.0 Å². The summed E-state index contributed by atoms with van der Waals surface area (Å²) in [6, 6.07) is 12.7. The maximum atomic E-state index is 12.2. The van der Waals surface area contributed by atoms with Crippen molar-refractivity contribution in [2.45, 2.75) is 38.1 Å². The molecular weight excluding hydrogens is 286 g/mol. The van der Waals surface area contributed by atoms with E-state index in [1.54, 1.807) is 0 Å². The molecule has 1 aromatic carbocycles. The van der Waals surface area contributed by atoms with E-state index in [1.165, 1.54) is 11.8 Å². The van der Waals surface area contributed by atoms with Gasteiger partial charge in [-0.15, -0.1) is 0 Å². The summed E-state index contributed by atoms with van der Waals surface area (Å²) in [5, 5.41) is 4.42. The smallest absolute Gasteiger partial charge is 0.223 e. The summed E-state index contributed by atoms with van der Waals surface area (Å²) in [6.45, 7) is 1.88. The lowest BCUT2D eigenvalue weighted by atomic mass is 9.84. The standard InChI is InChI=1S/C19H23N3O/c23-19(15-6-3-7-15)20-16-8-4-12-22(13-16)18-11-10-14-5-1-2-9-17(14)21-18/h1-2,5,9-11,15-16H,3-4,6-8,12-13H2,(H,20,23). The molecule has 0 spiro atoms. The van der Waals surface area contributed by atoms with Crippen LogP contribution < -0.4 is 10.2 Å². The number of rotatable bonds is 3. The number of benzene rings is 1. The number of hydrogen-bond acceptors (Lipinski definition) is 3. The van der Waals surface area contributed by atoms with E-state index < -0.39 is 0 Å². The number of nitrogens with one attached hydrogen (secondary N) is 1. The number of anilines is 1. The number of nitrogens with zero attached hydrogens (tertiary/aromatic N) is 2. The van der Waals surface area contributed by atoms with E-state index in [2.05, 4.69) is 34.5 Å². The topological polar surface area (TPSA) is 45.2 Å². The minimum atomic E-state index is 0.255. The molecule has 1 saturated carbocycles. The van der Waals surface area contributed by atoms with Gasteiger partial charge in [0.05, 0.1) is 5.52 Å². The molecule has 1 saturated heterocycles. The molecule has 2 fully saturated rings. The fourth-order valence-electron chi connectivity index (χ4n) is 3.52. The molecule has 1 aliphatic heterocycles. The van der Waals surface area contributed by atoms with Crippen molar-refractivity contribution < 1.29 is 4.79 Å². The fourth-order valence-corrected chi connectivity index (χ4v) is 3.52. The van der Waals surface area contributed by atoms with Gasteiger partial charge in [-0.3, -0.25) is 4.79 Å². The summed E-state index contributed by atoms with van der Waals surface area (Å²) in [5.74, 6) is 1.55. The molecule has 1 unspecified atom stereocenters. The zero-order valence-corrected chi connectivity index (χ0v) is 13.4. The highest BCUT2D eigenvalue weighted by atomic mass is 16.2. The summed E-state index contributed by atoms with van der Waals surface area (Å²) < 4.78 is 0. The minimum Gasteiger partial charge on any atom is -0.355 e. The molecule has 2 heterocycles. The van der Waals surface area contributed by atoms with Gasteiger partial charge in [-0.05, 0) is 43.9 Å². The summed E-state index contributed by atoms with van der Waals surface area (Å²) in [6.07, 6.45) is 5.51. The summed E-state index contributed by atoms with van der Waals surface area (Å²) in [4.78, 5) is 19.3. The van der Waals surface area contributed by atoms with Gasteiger partial charge in [-0.1, -0.05) is 24.6 Å². The predicted octanol–water partition coefficient (Wildman–Crippen LogP) is 3.12. The Morgan fingerprint density at radius 3 is 2.78 bits per heavy atom. The normalized spacial score (nSPS) is 21.9. The monoisotopic (exact) mass is 309 g/mol. The van der Waals surface area contributed by atoms with Crippen LogP contribution in [0.3, 0.4) is 0 Å². The minimum absolute atomic E-state index is 0.255. The van der Waals surface area contributed by atoms with Gasteiger partial charge in [0.1, 0.15) is 5.82 Å². The van der Waals surface area contributed by atoms with Gasteiger partial charge in [0, 0.05) is 30.4 Å². The second kappa shape index (κ2) is 6.19. The highest BCUT2D eigenvalue weighted by Crippen LogP contribution is 2.27. The molecule has 1 N–H and O–H groups in total. The molecule has 1 amide bonds. The Hall–Kier alpha value is -2.10. The Morgan fingerprint density at radius 1 is 1.09 bits per heavy atom. The third kappa shape index (κ3) is 3.03. The van der Waals surface area contributed by atoms with Crippen molar-refractivity contribution in [3.8, 4) is 0 Å². The van der Waals surface area contributed by atoms with E-state index >= 15 is 0 Å². The molecule has 4 rings (SSSR count). The van der Waals surface area contributed by atoms with E-state index in [1.807, 2.05) is 12.1 Å². The van der Waals surface area contributed by atoms with Crippen LogP contribution >= 0.6 is 0 Å². The van der Waals surface area contributed by atoms with Gasteiger partial charge >= 0.3 is 0 Å². The van der Waals surface area contributed by atoms with Gasteiger partial charge in [-0.2, -0.15) is 0 Å². The maximum absolute atomic E-state index is 12.2. The summed E-state index contributed by atoms with van der Waals surface area (Å²) in [5.41, 5.74) is 1.03. The molecule has 2 aromatic rings. The number of pyridine rings is 1. The van der Waals surface area contributed by atoms with Crippen molar-refractivity contribution in [3.05, 3.63) is 36.4 Å². The fraction of sp³-hybridized carbons (Fsp3) is 0.474. The molecule has 4 heteroatoms. The number of piperidine rings is 1. The van der Waals surface area contributed by atoms with Gasteiger partial charge < -0.3 is 10.2 Å². The molecule has 2 aliphatic rings. The van der Waals surface area contributed by atoms with Crippen molar-refractivity contribution >= 4 is 22.6 Å². The van der Waals surface area contributed by atoms with Crippen molar-refractivity contribution in [2.24, 2.45) is 5.92 Å². The van der Waals surface area contributed by atoms with Gasteiger partial charge in [0.25, 0.3) is 0 Å². The van der Waals surface area contributed by atoms with E-state index in [4.69, 9.17) is 4.98 Å². The number of aromatic nitrogens is 1. The van der Waals surface area contributed by atoms with Crippen molar-refractivity contribution in [3.63, 3.8) is 0 Å². The molecule has 1 aromatic heterocycles. The van der Waals surface area contributed by atoms with E-state index in [9.17, 15) is 4.79 Å².